The van der Waals surface area contributed by atoms with Gasteiger partial charge in [-0.2, -0.15) is 13.2 Å². The van der Waals surface area contributed by atoms with Crippen molar-refractivity contribution in [2.45, 2.75) is 38.6 Å². The zero-order valence-electron chi connectivity index (χ0n) is 17.3. The summed E-state index contributed by atoms with van der Waals surface area (Å²) in [6, 6.07) is 11.5. The van der Waals surface area contributed by atoms with E-state index in [-0.39, 0.29) is 31.2 Å². The van der Waals surface area contributed by atoms with Gasteiger partial charge in [0, 0.05) is 36.0 Å². The molecule has 0 aliphatic carbocycles. The van der Waals surface area contributed by atoms with Crippen LogP contribution in [0.25, 0.3) is 5.57 Å². The fourth-order valence-electron chi connectivity index (χ4n) is 3.99. The predicted octanol–water partition coefficient (Wildman–Crippen LogP) is 4.86. The van der Waals surface area contributed by atoms with E-state index in [1.165, 1.54) is 12.1 Å². The average Bonchev–Trinajstić information content (AvgIpc) is 2.93. The second kappa shape index (κ2) is 8.57. The van der Waals surface area contributed by atoms with E-state index in [1.54, 1.807) is 35.2 Å². The van der Waals surface area contributed by atoms with E-state index in [1.807, 2.05) is 13.0 Å². The molecular weight excluding hydrogens is 423 g/mol. The second-order valence-electron chi connectivity index (χ2n) is 7.55. The van der Waals surface area contributed by atoms with E-state index in [9.17, 15) is 22.8 Å². The van der Waals surface area contributed by atoms with Gasteiger partial charge in [-0.15, -0.1) is 0 Å². The van der Waals surface area contributed by atoms with Crippen molar-refractivity contribution in [1.29, 1.82) is 0 Å². The van der Waals surface area contributed by atoms with Crippen LogP contribution in [-0.4, -0.2) is 30.8 Å². The molecule has 0 saturated carbocycles. The summed E-state index contributed by atoms with van der Waals surface area (Å²) >= 11 is 0. The molecule has 1 atom stereocenters. The van der Waals surface area contributed by atoms with Gasteiger partial charge < -0.3 is 15.4 Å². The van der Waals surface area contributed by atoms with Gasteiger partial charge in [0.05, 0.1) is 5.69 Å². The number of fused-ring (bicyclic) bond motifs is 2. The maximum Gasteiger partial charge on any atom is 0.425 e. The lowest BCUT2D eigenvalue weighted by atomic mass is 9.99. The third-order valence-corrected chi connectivity index (χ3v) is 5.53. The summed E-state index contributed by atoms with van der Waals surface area (Å²) in [7, 11) is 0. The molecule has 2 aromatic carbocycles. The lowest BCUT2D eigenvalue weighted by molar-refractivity contribution is -0.195. The predicted molar refractivity (Wildman–Crippen MR) is 114 cm³/mol. The summed E-state index contributed by atoms with van der Waals surface area (Å²) in [5, 5.41) is 5.58. The number of ether oxygens (including phenoxy) is 1. The molecule has 0 unspecified atom stereocenters. The molecule has 2 aromatic rings. The van der Waals surface area contributed by atoms with Crippen molar-refractivity contribution in [2.75, 3.05) is 16.8 Å². The Morgan fingerprint density at radius 2 is 2.03 bits per heavy atom. The number of para-hydroxylation sites is 1. The van der Waals surface area contributed by atoms with Gasteiger partial charge in [-0.05, 0) is 43.5 Å². The maximum absolute atomic E-state index is 13.3. The highest BCUT2D eigenvalue weighted by atomic mass is 19.4. The van der Waals surface area contributed by atoms with E-state index in [0.29, 0.717) is 29.1 Å². The minimum Gasteiger partial charge on any atom is -0.480 e. The van der Waals surface area contributed by atoms with Gasteiger partial charge in [-0.1, -0.05) is 24.3 Å². The Morgan fingerprint density at radius 1 is 1.25 bits per heavy atom. The molecule has 2 aliphatic heterocycles. The van der Waals surface area contributed by atoms with Crippen molar-refractivity contribution >= 4 is 28.9 Å². The molecule has 2 heterocycles. The third kappa shape index (κ3) is 4.28. The molecule has 4 rings (SSSR count). The molecule has 3 amide bonds. The molecule has 6 nitrogen and oxygen atoms in total. The molecule has 0 spiro atoms. The molecule has 0 fully saturated rings. The number of halogens is 3. The highest BCUT2D eigenvalue weighted by molar-refractivity contribution is 6.06. The van der Waals surface area contributed by atoms with Crippen LogP contribution < -0.4 is 20.3 Å². The van der Waals surface area contributed by atoms with Crippen molar-refractivity contribution in [1.82, 2.24) is 5.32 Å². The average molecular weight is 445 g/mol. The molecule has 2 aliphatic rings. The Labute approximate surface area is 183 Å². The monoisotopic (exact) mass is 445 g/mol. The number of anilines is 2. The quantitative estimate of drug-likeness (QED) is 0.663. The van der Waals surface area contributed by atoms with Crippen LogP contribution in [0.15, 0.2) is 48.5 Å². The molecule has 2 N–H and O–H groups in total. The number of alkyl halides is 3. The first-order valence-corrected chi connectivity index (χ1v) is 10.3. The smallest absolute Gasteiger partial charge is 0.425 e. The van der Waals surface area contributed by atoms with Crippen LogP contribution in [0.4, 0.5) is 29.3 Å². The zero-order valence-corrected chi connectivity index (χ0v) is 17.3. The number of urea groups is 1. The molecule has 0 saturated heterocycles. The summed E-state index contributed by atoms with van der Waals surface area (Å²) < 4.78 is 45.1. The van der Waals surface area contributed by atoms with Gasteiger partial charge in [0.1, 0.15) is 5.75 Å². The van der Waals surface area contributed by atoms with Gasteiger partial charge in [0.2, 0.25) is 5.91 Å². The number of carbonyl (C=O) groups is 2. The van der Waals surface area contributed by atoms with Crippen molar-refractivity contribution in [2.24, 2.45) is 0 Å². The Balaban J connectivity index is 1.61. The Morgan fingerprint density at radius 3 is 2.78 bits per heavy atom. The SMILES string of the molecule is CCN1C(=O)NCc2c(NC(=O)C=C3CC[C@H](C(F)(F)F)Oc4ccccc43)cccc21. The molecule has 0 radical (unpaired) electrons. The van der Waals surface area contributed by atoms with Crippen molar-refractivity contribution < 1.29 is 27.5 Å². The minimum absolute atomic E-state index is 0.0428. The maximum atomic E-state index is 13.3. The number of nitrogens with zero attached hydrogens (tertiary/aromatic N) is 1. The van der Waals surface area contributed by atoms with E-state index in [0.717, 1.165) is 5.56 Å². The lowest BCUT2D eigenvalue weighted by Gasteiger charge is -2.30. The summed E-state index contributed by atoms with van der Waals surface area (Å²) in [6.45, 7) is 2.59. The van der Waals surface area contributed by atoms with Crippen LogP contribution in [0.2, 0.25) is 0 Å². The summed E-state index contributed by atoms with van der Waals surface area (Å²) in [5.41, 5.74) is 2.95. The minimum atomic E-state index is -4.50. The molecule has 0 aromatic heterocycles. The molecular formula is C23H22F3N3O3. The van der Waals surface area contributed by atoms with Crippen LogP contribution >= 0.6 is 0 Å². The number of carbonyl (C=O) groups excluding carboxylic acids is 2. The van der Waals surface area contributed by atoms with Gasteiger partial charge in [0.15, 0.2) is 6.10 Å². The molecule has 32 heavy (non-hydrogen) atoms. The lowest BCUT2D eigenvalue weighted by Crippen LogP contribution is -2.44. The Kier molecular flexibility index (Phi) is 5.82. The van der Waals surface area contributed by atoms with Crippen molar-refractivity contribution in [3.63, 3.8) is 0 Å². The van der Waals surface area contributed by atoms with Crippen molar-refractivity contribution in [3.05, 3.63) is 59.7 Å². The first kappa shape index (κ1) is 21.7. The van der Waals surface area contributed by atoms with Crippen LogP contribution in [0, 0.1) is 0 Å². The number of hydrogen-bond donors (Lipinski definition) is 2. The number of benzene rings is 2. The Bertz CT molecular complexity index is 1080. The highest BCUT2D eigenvalue weighted by Crippen LogP contribution is 2.39. The number of allylic oxidation sites excluding steroid dienone is 1. The van der Waals surface area contributed by atoms with E-state index in [2.05, 4.69) is 10.6 Å². The highest BCUT2D eigenvalue weighted by Gasteiger charge is 2.43. The fraction of sp³-hybridized carbons (Fsp3) is 0.304. The summed E-state index contributed by atoms with van der Waals surface area (Å²) in [5.74, 6) is -0.363. The van der Waals surface area contributed by atoms with Gasteiger partial charge in [-0.3, -0.25) is 9.69 Å². The Hall–Kier alpha value is -3.49. The van der Waals surface area contributed by atoms with Gasteiger partial charge >= 0.3 is 12.2 Å². The standard InChI is InChI=1S/C23H22F3N3O3/c1-2-29-18-8-5-7-17(16(18)13-27-22(29)31)28-21(30)12-14-10-11-20(23(24,25)26)32-19-9-4-3-6-15(14)19/h3-9,12,20H,2,10-11,13H2,1H3,(H,27,31)(H,28,30)/t20-/m1/s1. The van der Waals surface area contributed by atoms with Crippen LogP contribution in [-0.2, 0) is 11.3 Å². The molecule has 168 valence electrons. The van der Waals surface area contributed by atoms with Gasteiger partial charge in [0.25, 0.3) is 0 Å². The largest absolute Gasteiger partial charge is 0.480 e. The van der Waals surface area contributed by atoms with Crippen LogP contribution in [0.5, 0.6) is 5.75 Å². The third-order valence-electron chi connectivity index (χ3n) is 5.53. The first-order chi connectivity index (χ1) is 15.3. The van der Waals surface area contributed by atoms with E-state index < -0.39 is 18.2 Å². The van der Waals surface area contributed by atoms with E-state index in [4.69, 9.17) is 4.74 Å². The number of hydrogen-bond acceptors (Lipinski definition) is 3. The first-order valence-electron chi connectivity index (χ1n) is 10.3. The fourth-order valence-corrected chi connectivity index (χ4v) is 3.99. The molecule has 9 heteroatoms. The topological polar surface area (TPSA) is 70.7 Å². The summed E-state index contributed by atoms with van der Waals surface area (Å²) in [4.78, 5) is 26.5. The van der Waals surface area contributed by atoms with E-state index >= 15 is 0 Å². The van der Waals surface area contributed by atoms with Crippen molar-refractivity contribution in [3.8, 4) is 5.75 Å². The zero-order chi connectivity index (χ0) is 22.9. The number of amides is 3. The second-order valence-corrected chi connectivity index (χ2v) is 7.55. The number of rotatable bonds is 3. The van der Waals surface area contributed by atoms with Crippen LogP contribution in [0.1, 0.15) is 30.9 Å². The normalized spacial score (nSPS) is 19.4. The van der Waals surface area contributed by atoms with Gasteiger partial charge in [-0.25, -0.2) is 4.79 Å². The summed E-state index contributed by atoms with van der Waals surface area (Å²) in [6.07, 6.45) is -5.35. The number of nitrogens with one attached hydrogen (secondary N) is 2. The molecule has 0 bridgehead atoms. The van der Waals surface area contributed by atoms with Crippen LogP contribution in [0.3, 0.4) is 0 Å².